The van der Waals surface area contributed by atoms with Crippen LogP contribution in [0, 0.1) is 0 Å². The standard InChI is InChI=1S/C12H14N2O4/c1-13-10(15)6-7-14-11(16)8-2-4-9(5-3-8)12(17)18/h2-5H,6-7H2,1H3,(H,13,15)(H,14,16)(H,17,18). The number of carboxylic acid groups (broad SMARTS) is 1. The SMILES string of the molecule is CNC(=O)CCNC(=O)c1ccc(C(=O)O)cc1. The molecule has 0 bridgehead atoms. The monoisotopic (exact) mass is 250 g/mol. The first-order valence-corrected chi connectivity index (χ1v) is 5.36. The molecule has 2 amide bonds. The Balaban J connectivity index is 2.51. The van der Waals surface area contributed by atoms with Gasteiger partial charge in [-0.2, -0.15) is 0 Å². The van der Waals surface area contributed by atoms with Crippen molar-refractivity contribution >= 4 is 17.8 Å². The van der Waals surface area contributed by atoms with Gasteiger partial charge in [0.15, 0.2) is 0 Å². The van der Waals surface area contributed by atoms with Crippen LogP contribution < -0.4 is 10.6 Å². The first kappa shape index (κ1) is 13.7. The molecule has 1 aromatic carbocycles. The Morgan fingerprint density at radius 1 is 1.11 bits per heavy atom. The summed E-state index contributed by atoms with van der Waals surface area (Å²) < 4.78 is 0. The molecule has 0 aliphatic rings. The lowest BCUT2D eigenvalue weighted by atomic mass is 10.1. The highest BCUT2D eigenvalue weighted by Gasteiger charge is 2.07. The molecule has 0 saturated heterocycles. The molecule has 6 nitrogen and oxygen atoms in total. The maximum absolute atomic E-state index is 11.6. The van der Waals surface area contributed by atoms with Gasteiger partial charge in [0, 0.05) is 25.6 Å². The van der Waals surface area contributed by atoms with Gasteiger partial charge in [0.05, 0.1) is 5.56 Å². The highest BCUT2D eigenvalue weighted by Crippen LogP contribution is 2.04. The fourth-order valence-electron chi connectivity index (χ4n) is 1.28. The molecule has 6 heteroatoms. The molecule has 18 heavy (non-hydrogen) atoms. The van der Waals surface area contributed by atoms with E-state index in [1.165, 1.54) is 31.3 Å². The average Bonchev–Trinajstić information content (AvgIpc) is 2.38. The van der Waals surface area contributed by atoms with E-state index in [-0.39, 0.29) is 30.3 Å². The summed E-state index contributed by atoms with van der Waals surface area (Å²) in [6.45, 7) is 0.235. The molecule has 0 unspecified atom stereocenters. The molecule has 0 radical (unpaired) electrons. The predicted molar refractivity (Wildman–Crippen MR) is 64.4 cm³/mol. The summed E-state index contributed by atoms with van der Waals surface area (Å²) in [4.78, 5) is 33.1. The topological polar surface area (TPSA) is 95.5 Å². The third kappa shape index (κ3) is 3.89. The van der Waals surface area contributed by atoms with Crippen molar-refractivity contribution in [2.45, 2.75) is 6.42 Å². The van der Waals surface area contributed by atoms with Gasteiger partial charge in [0.1, 0.15) is 0 Å². The van der Waals surface area contributed by atoms with Gasteiger partial charge >= 0.3 is 5.97 Å². The number of nitrogens with one attached hydrogen (secondary N) is 2. The molecule has 3 N–H and O–H groups in total. The molecule has 0 spiro atoms. The lowest BCUT2D eigenvalue weighted by Crippen LogP contribution is -2.29. The van der Waals surface area contributed by atoms with Crippen molar-refractivity contribution in [1.29, 1.82) is 0 Å². The quantitative estimate of drug-likeness (QED) is 0.698. The highest BCUT2D eigenvalue weighted by atomic mass is 16.4. The number of hydrogen-bond donors (Lipinski definition) is 3. The van der Waals surface area contributed by atoms with E-state index in [1.54, 1.807) is 0 Å². The van der Waals surface area contributed by atoms with Gasteiger partial charge in [-0.3, -0.25) is 9.59 Å². The van der Waals surface area contributed by atoms with Crippen LogP contribution >= 0.6 is 0 Å². The molecule has 0 fully saturated rings. The summed E-state index contributed by atoms with van der Waals surface area (Å²) in [5, 5.41) is 13.7. The van der Waals surface area contributed by atoms with Gasteiger partial charge < -0.3 is 15.7 Å². The Labute approximate surface area is 104 Å². The molecular formula is C12H14N2O4. The zero-order valence-electron chi connectivity index (χ0n) is 9.90. The molecule has 0 aliphatic heterocycles. The second kappa shape index (κ2) is 6.39. The lowest BCUT2D eigenvalue weighted by molar-refractivity contribution is -0.120. The van der Waals surface area contributed by atoms with Gasteiger partial charge in [-0.15, -0.1) is 0 Å². The number of amides is 2. The summed E-state index contributed by atoms with van der Waals surface area (Å²) >= 11 is 0. The van der Waals surface area contributed by atoms with E-state index in [9.17, 15) is 14.4 Å². The first-order chi connectivity index (χ1) is 8.54. The summed E-state index contributed by atoms with van der Waals surface area (Å²) in [7, 11) is 1.52. The van der Waals surface area contributed by atoms with Crippen molar-refractivity contribution in [2.75, 3.05) is 13.6 Å². The van der Waals surface area contributed by atoms with Crippen LogP contribution in [0.15, 0.2) is 24.3 Å². The van der Waals surface area contributed by atoms with Crippen LogP contribution in [0.25, 0.3) is 0 Å². The van der Waals surface area contributed by atoms with Gasteiger partial charge in [0.25, 0.3) is 5.91 Å². The Kier molecular flexibility index (Phi) is 4.86. The molecule has 0 saturated carbocycles. The van der Waals surface area contributed by atoms with Crippen LogP contribution in [-0.4, -0.2) is 36.5 Å². The Hall–Kier alpha value is -2.37. The summed E-state index contributed by atoms with van der Waals surface area (Å²) in [6.07, 6.45) is 0.204. The third-order valence-electron chi connectivity index (χ3n) is 2.31. The first-order valence-electron chi connectivity index (χ1n) is 5.36. The normalized spacial score (nSPS) is 9.61. The van der Waals surface area contributed by atoms with E-state index >= 15 is 0 Å². The van der Waals surface area contributed by atoms with Gasteiger partial charge in [-0.25, -0.2) is 4.79 Å². The predicted octanol–water partition coefficient (Wildman–Crippen LogP) is 0.251. The van der Waals surface area contributed by atoms with E-state index in [2.05, 4.69) is 10.6 Å². The van der Waals surface area contributed by atoms with Gasteiger partial charge in [-0.05, 0) is 24.3 Å². The lowest BCUT2D eigenvalue weighted by Gasteiger charge is -2.04. The van der Waals surface area contributed by atoms with E-state index < -0.39 is 5.97 Å². The van der Waals surface area contributed by atoms with Crippen molar-refractivity contribution in [3.63, 3.8) is 0 Å². The largest absolute Gasteiger partial charge is 0.478 e. The molecule has 96 valence electrons. The van der Waals surface area contributed by atoms with E-state index in [1.807, 2.05) is 0 Å². The van der Waals surface area contributed by atoms with Crippen molar-refractivity contribution in [2.24, 2.45) is 0 Å². The maximum atomic E-state index is 11.6. The molecule has 0 heterocycles. The second-order valence-electron chi connectivity index (χ2n) is 3.56. The van der Waals surface area contributed by atoms with E-state index in [0.29, 0.717) is 5.56 Å². The van der Waals surface area contributed by atoms with Crippen molar-refractivity contribution in [1.82, 2.24) is 10.6 Å². The fraction of sp³-hybridized carbons (Fsp3) is 0.250. The number of carbonyl (C=O) groups excluding carboxylic acids is 2. The molecule has 0 aromatic heterocycles. The van der Waals surface area contributed by atoms with Crippen molar-refractivity contribution in [3.05, 3.63) is 35.4 Å². The Morgan fingerprint density at radius 3 is 2.17 bits per heavy atom. The number of aromatic carboxylic acids is 1. The summed E-state index contributed by atoms with van der Waals surface area (Å²) in [5.74, 6) is -1.53. The Morgan fingerprint density at radius 2 is 1.67 bits per heavy atom. The van der Waals surface area contributed by atoms with Crippen LogP contribution in [0.4, 0.5) is 0 Å². The van der Waals surface area contributed by atoms with Crippen molar-refractivity contribution in [3.8, 4) is 0 Å². The number of carboxylic acids is 1. The van der Waals surface area contributed by atoms with E-state index in [4.69, 9.17) is 5.11 Å². The number of hydrogen-bond acceptors (Lipinski definition) is 3. The Bertz CT molecular complexity index is 454. The van der Waals surface area contributed by atoms with Gasteiger partial charge in [-0.1, -0.05) is 0 Å². The van der Waals surface area contributed by atoms with Crippen LogP contribution in [0.1, 0.15) is 27.1 Å². The molecule has 0 atom stereocenters. The molecular weight excluding hydrogens is 236 g/mol. The average molecular weight is 250 g/mol. The zero-order chi connectivity index (χ0) is 13.5. The fourth-order valence-corrected chi connectivity index (χ4v) is 1.28. The highest BCUT2D eigenvalue weighted by molar-refractivity contribution is 5.96. The minimum absolute atomic E-state index is 0.122. The summed E-state index contributed by atoms with van der Waals surface area (Å²) in [6, 6.07) is 5.57. The molecule has 0 aliphatic carbocycles. The number of benzene rings is 1. The smallest absolute Gasteiger partial charge is 0.335 e. The maximum Gasteiger partial charge on any atom is 0.335 e. The van der Waals surface area contributed by atoms with Crippen LogP contribution in [0.2, 0.25) is 0 Å². The van der Waals surface area contributed by atoms with Gasteiger partial charge in [0.2, 0.25) is 5.91 Å². The third-order valence-corrected chi connectivity index (χ3v) is 2.31. The van der Waals surface area contributed by atoms with Crippen LogP contribution in [-0.2, 0) is 4.79 Å². The zero-order valence-corrected chi connectivity index (χ0v) is 9.90. The molecule has 1 rings (SSSR count). The van der Waals surface area contributed by atoms with Crippen LogP contribution in [0.3, 0.4) is 0 Å². The summed E-state index contributed by atoms with van der Waals surface area (Å²) in [5.41, 5.74) is 0.480. The molecule has 1 aromatic rings. The minimum atomic E-state index is -1.04. The van der Waals surface area contributed by atoms with Crippen molar-refractivity contribution < 1.29 is 19.5 Å². The number of rotatable bonds is 5. The van der Waals surface area contributed by atoms with E-state index in [0.717, 1.165) is 0 Å². The number of carbonyl (C=O) groups is 3. The minimum Gasteiger partial charge on any atom is -0.478 e. The van der Waals surface area contributed by atoms with Crippen LogP contribution in [0.5, 0.6) is 0 Å². The second-order valence-corrected chi connectivity index (χ2v) is 3.56.